The first-order chi connectivity index (χ1) is 8.74. The molecule has 0 unspecified atom stereocenters. The van der Waals surface area contributed by atoms with Crippen LogP contribution in [-0.2, 0) is 18.9 Å². The molecule has 0 aromatic heterocycles. The molecule has 4 atom stereocenters. The highest BCUT2D eigenvalue weighted by Gasteiger charge is 2.48. The van der Waals surface area contributed by atoms with E-state index in [1.54, 1.807) is 0 Å². The van der Waals surface area contributed by atoms with Gasteiger partial charge in [-0.1, -0.05) is 12.2 Å². The molecule has 2 aliphatic heterocycles. The Labute approximate surface area is 114 Å². The number of hydrogen-bond donors (Lipinski definition) is 1. The van der Waals surface area contributed by atoms with Gasteiger partial charge in [0, 0.05) is 0 Å². The standard InChI is InChI=1S/C14H24O5/c1-6-7-9-12(19-14(4,5)17-9)11(15)10-8-16-13(2,3)18-10/h6-7,9-12,15H,8H2,1-5H3/b7-6-/t9-,10+,11-,12-/m1/s1. The minimum Gasteiger partial charge on any atom is -0.387 e. The van der Waals surface area contributed by atoms with Crippen LogP contribution in [0.5, 0.6) is 0 Å². The summed E-state index contributed by atoms with van der Waals surface area (Å²) in [7, 11) is 0. The van der Waals surface area contributed by atoms with Gasteiger partial charge in [-0.25, -0.2) is 0 Å². The van der Waals surface area contributed by atoms with E-state index in [4.69, 9.17) is 18.9 Å². The van der Waals surface area contributed by atoms with Crippen molar-refractivity contribution in [2.45, 2.75) is 70.6 Å². The summed E-state index contributed by atoms with van der Waals surface area (Å²) in [5.74, 6) is -1.36. The van der Waals surface area contributed by atoms with Crippen LogP contribution in [0, 0.1) is 0 Å². The van der Waals surface area contributed by atoms with Gasteiger partial charge < -0.3 is 24.1 Å². The minimum absolute atomic E-state index is 0.276. The quantitative estimate of drug-likeness (QED) is 0.791. The van der Waals surface area contributed by atoms with E-state index in [0.717, 1.165) is 0 Å². The van der Waals surface area contributed by atoms with Gasteiger partial charge in [0.15, 0.2) is 11.6 Å². The van der Waals surface area contributed by atoms with Crippen molar-refractivity contribution in [2.75, 3.05) is 6.61 Å². The molecular weight excluding hydrogens is 248 g/mol. The van der Waals surface area contributed by atoms with E-state index in [1.165, 1.54) is 0 Å². The third-order valence-corrected chi connectivity index (χ3v) is 3.29. The lowest BCUT2D eigenvalue weighted by molar-refractivity contribution is -0.178. The van der Waals surface area contributed by atoms with Crippen LogP contribution in [0.3, 0.4) is 0 Å². The number of aliphatic hydroxyl groups is 1. The predicted octanol–water partition coefficient (Wildman–Crippen LogP) is 1.59. The highest BCUT2D eigenvalue weighted by molar-refractivity contribution is 5.01. The van der Waals surface area contributed by atoms with E-state index in [1.807, 2.05) is 46.8 Å². The fourth-order valence-corrected chi connectivity index (χ4v) is 2.52. The molecule has 2 aliphatic rings. The molecular formula is C14H24O5. The first-order valence-corrected chi connectivity index (χ1v) is 6.72. The highest BCUT2D eigenvalue weighted by Crippen LogP contribution is 2.34. The zero-order chi connectivity index (χ0) is 14.3. The van der Waals surface area contributed by atoms with Crippen molar-refractivity contribution in [3.8, 4) is 0 Å². The van der Waals surface area contributed by atoms with Crippen LogP contribution in [-0.4, -0.2) is 47.7 Å². The Hall–Kier alpha value is -0.460. The van der Waals surface area contributed by atoms with Gasteiger partial charge in [0.05, 0.1) is 6.61 Å². The molecule has 0 spiro atoms. The van der Waals surface area contributed by atoms with Crippen LogP contribution < -0.4 is 0 Å². The smallest absolute Gasteiger partial charge is 0.164 e. The molecule has 0 aliphatic carbocycles. The molecule has 110 valence electrons. The second-order valence-corrected chi connectivity index (χ2v) is 5.95. The SMILES string of the molecule is C/C=C\[C@H]1OC(C)(C)O[C@H]1[C@H](O)[C@@H]1COC(C)(C)O1. The first kappa shape index (κ1) is 14.9. The highest BCUT2D eigenvalue weighted by atomic mass is 16.8. The van der Waals surface area contributed by atoms with Gasteiger partial charge >= 0.3 is 0 Å². The molecule has 0 radical (unpaired) electrons. The van der Waals surface area contributed by atoms with Crippen LogP contribution in [0.1, 0.15) is 34.6 Å². The van der Waals surface area contributed by atoms with Crippen molar-refractivity contribution in [2.24, 2.45) is 0 Å². The predicted molar refractivity (Wildman–Crippen MR) is 69.5 cm³/mol. The summed E-state index contributed by atoms with van der Waals surface area (Å²) < 4.78 is 22.7. The number of ether oxygens (including phenoxy) is 4. The van der Waals surface area contributed by atoms with Crippen LogP contribution in [0.25, 0.3) is 0 Å². The van der Waals surface area contributed by atoms with Crippen molar-refractivity contribution < 1.29 is 24.1 Å². The van der Waals surface area contributed by atoms with Crippen molar-refractivity contribution in [3.63, 3.8) is 0 Å². The summed E-state index contributed by atoms with van der Waals surface area (Å²) in [5, 5.41) is 10.5. The summed E-state index contributed by atoms with van der Waals surface area (Å²) in [6.07, 6.45) is 1.88. The van der Waals surface area contributed by atoms with Crippen molar-refractivity contribution in [1.29, 1.82) is 0 Å². The Bertz CT molecular complexity index is 350. The number of hydrogen-bond acceptors (Lipinski definition) is 5. The van der Waals surface area contributed by atoms with Crippen molar-refractivity contribution >= 4 is 0 Å². The van der Waals surface area contributed by atoms with E-state index in [-0.39, 0.29) is 6.10 Å². The van der Waals surface area contributed by atoms with Crippen LogP contribution in [0.2, 0.25) is 0 Å². The Balaban J connectivity index is 2.07. The van der Waals surface area contributed by atoms with Gasteiger partial charge in [0.2, 0.25) is 0 Å². The topological polar surface area (TPSA) is 57.2 Å². The number of aliphatic hydroxyl groups excluding tert-OH is 1. The molecule has 0 aromatic rings. The zero-order valence-corrected chi connectivity index (χ0v) is 12.3. The summed E-state index contributed by atoms with van der Waals surface area (Å²) >= 11 is 0. The van der Waals surface area contributed by atoms with Gasteiger partial charge in [0.1, 0.15) is 24.4 Å². The number of allylic oxidation sites excluding steroid dienone is 1. The van der Waals surface area contributed by atoms with E-state index in [0.29, 0.717) is 6.61 Å². The molecule has 2 saturated heterocycles. The fraction of sp³-hybridized carbons (Fsp3) is 0.857. The van der Waals surface area contributed by atoms with Crippen LogP contribution in [0.15, 0.2) is 12.2 Å². The second kappa shape index (κ2) is 5.14. The normalized spacial score (nSPS) is 38.9. The summed E-state index contributed by atoms with van der Waals surface area (Å²) in [4.78, 5) is 0. The summed E-state index contributed by atoms with van der Waals surface area (Å²) in [5.41, 5.74) is 0. The Morgan fingerprint density at radius 1 is 1.11 bits per heavy atom. The van der Waals surface area contributed by atoms with Gasteiger partial charge in [-0.3, -0.25) is 0 Å². The van der Waals surface area contributed by atoms with Gasteiger partial charge in [0.25, 0.3) is 0 Å². The summed E-state index contributed by atoms with van der Waals surface area (Å²) in [6.45, 7) is 9.62. The molecule has 19 heavy (non-hydrogen) atoms. The molecule has 0 amide bonds. The maximum absolute atomic E-state index is 10.5. The molecule has 1 N–H and O–H groups in total. The van der Waals surface area contributed by atoms with Crippen LogP contribution >= 0.6 is 0 Å². The third-order valence-electron chi connectivity index (χ3n) is 3.29. The molecule has 0 saturated carbocycles. The maximum Gasteiger partial charge on any atom is 0.164 e. The average Bonchev–Trinajstić information content (AvgIpc) is 2.78. The lowest BCUT2D eigenvalue weighted by atomic mass is 10.0. The molecule has 2 fully saturated rings. The van der Waals surface area contributed by atoms with E-state index in [2.05, 4.69) is 0 Å². The fourth-order valence-electron chi connectivity index (χ4n) is 2.52. The maximum atomic E-state index is 10.5. The summed E-state index contributed by atoms with van der Waals surface area (Å²) in [6, 6.07) is 0. The van der Waals surface area contributed by atoms with E-state index >= 15 is 0 Å². The first-order valence-electron chi connectivity index (χ1n) is 6.72. The Kier molecular flexibility index (Phi) is 4.05. The molecule has 2 heterocycles. The van der Waals surface area contributed by atoms with Gasteiger partial charge in [-0.15, -0.1) is 0 Å². The van der Waals surface area contributed by atoms with E-state index in [9.17, 15) is 5.11 Å². The van der Waals surface area contributed by atoms with Crippen molar-refractivity contribution in [3.05, 3.63) is 12.2 Å². The largest absolute Gasteiger partial charge is 0.387 e. The van der Waals surface area contributed by atoms with E-state index < -0.39 is 29.9 Å². The molecule has 5 nitrogen and oxygen atoms in total. The lowest BCUT2D eigenvalue weighted by Gasteiger charge is -2.26. The molecule has 0 bridgehead atoms. The van der Waals surface area contributed by atoms with Gasteiger partial charge in [-0.2, -0.15) is 0 Å². The molecule has 0 aromatic carbocycles. The monoisotopic (exact) mass is 272 g/mol. The lowest BCUT2D eigenvalue weighted by Crippen LogP contribution is -2.44. The molecule has 5 heteroatoms. The van der Waals surface area contributed by atoms with Gasteiger partial charge in [-0.05, 0) is 34.6 Å². The minimum atomic E-state index is -0.787. The average molecular weight is 272 g/mol. The van der Waals surface area contributed by atoms with Crippen LogP contribution in [0.4, 0.5) is 0 Å². The zero-order valence-electron chi connectivity index (χ0n) is 12.3. The number of rotatable bonds is 3. The second-order valence-electron chi connectivity index (χ2n) is 5.95. The Morgan fingerprint density at radius 3 is 2.32 bits per heavy atom. The Morgan fingerprint density at radius 2 is 1.79 bits per heavy atom. The third kappa shape index (κ3) is 3.35. The molecule has 2 rings (SSSR count). The van der Waals surface area contributed by atoms with Crippen molar-refractivity contribution in [1.82, 2.24) is 0 Å².